The SMILES string of the molecule is Cn1c(CN)c(Cc2ccccc2Cl)c2ccccc21. The van der Waals surface area contributed by atoms with Gasteiger partial charge in [-0.25, -0.2) is 0 Å². The number of hydrogen-bond donors (Lipinski definition) is 1. The zero-order valence-electron chi connectivity index (χ0n) is 11.4. The van der Waals surface area contributed by atoms with Gasteiger partial charge < -0.3 is 10.3 Å². The second-order valence-corrected chi connectivity index (χ2v) is 5.38. The van der Waals surface area contributed by atoms with Crippen LogP contribution in [-0.2, 0) is 20.0 Å². The van der Waals surface area contributed by atoms with Crippen molar-refractivity contribution in [1.29, 1.82) is 0 Å². The molecule has 20 heavy (non-hydrogen) atoms. The lowest BCUT2D eigenvalue weighted by molar-refractivity contribution is 0.834. The van der Waals surface area contributed by atoms with Gasteiger partial charge in [-0.05, 0) is 23.3 Å². The average Bonchev–Trinajstić information content (AvgIpc) is 2.74. The van der Waals surface area contributed by atoms with E-state index in [4.69, 9.17) is 17.3 Å². The van der Waals surface area contributed by atoms with Crippen LogP contribution in [0.5, 0.6) is 0 Å². The molecule has 3 heteroatoms. The number of hydrogen-bond acceptors (Lipinski definition) is 1. The van der Waals surface area contributed by atoms with Crippen LogP contribution >= 0.6 is 11.6 Å². The summed E-state index contributed by atoms with van der Waals surface area (Å²) in [6.07, 6.45) is 0.813. The van der Waals surface area contributed by atoms with Crippen molar-refractivity contribution in [3.05, 3.63) is 70.4 Å². The fraction of sp³-hybridized carbons (Fsp3) is 0.176. The van der Waals surface area contributed by atoms with E-state index in [0.29, 0.717) is 6.54 Å². The Morgan fingerprint density at radius 1 is 1.05 bits per heavy atom. The minimum atomic E-state index is 0.533. The first kappa shape index (κ1) is 13.2. The molecule has 1 aromatic heterocycles. The Morgan fingerprint density at radius 3 is 2.50 bits per heavy atom. The predicted molar refractivity (Wildman–Crippen MR) is 85.1 cm³/mol. The third-order valence-electron chi connectivity index (χ3n) is 3.86. The predicted octanol–water partition coefficient (Wildman–Crippen LogP) is 3.88. The molecule has 2 N–H and O–H groups in total. The number of halogens is 1. The highest BCUT2D eigenvalue weighted by molar-refractivity contribution is 6.31. The van der Waals surface area contributed by atoms with Crippen molar-refractivity contribution in [2.24, 2.45) is 12.8 Å². The molecule has 0 spiro atoms. The van der Waals surface area contributed by atoms with E-state index in [2.05, 4.69) is 41.9 Å². The minimum Gasteiger partial charge on any atom is -0.346 e. The maximum atomic E-state index is 6.29. The first-order valence-electron chi connectivity index (χ1n) is 6.71. The first-order valence-corrected chi connectivity index (χ1v) is 7.08. The average molecular weight is 285 g/mol. The second-order valence-electron chi connectivity index (χ2n) is 4.97. The molecule has 0 unspecified atom stereocenters. The van der Waals surface area contributed by atoms with Crippen molar-refractivity contribution >= 4 is 22.5 Å². The summed E-state index contributed by atoms with van der Waals surface area (Å²) in [6, 6.07) is 16.4. The standard InChI is InChI=1S/C17H17ClN2/c1-20-16-9-5-3-7-13(16)14(17(20)11-19)10-12-6-2-4-8-15(12)18/h2-9H,10-11,19H2,1H3. The summed E-state index contributed by atoms with van der Waals surface area (Å²) in [7, 11) is 2.07. The van der Waals surface area contributed by atoms with E-state index in [1.165, 1.54) is 22.2 Å². The number of para-hydroxylation sites is 1. The summed E-state index contributed by atoms with van der Waals surface area (Å²) in [5.74, 6) is 0. The summed E-state index contributed by atoms with van der Waals surface area (Å²) < 4.78 is 2.18. The molecule has 0 bridgehead atoms. The van der Waals surface area contributed by atoms with Crippen molar-refractivity contribution in [1.82, 2.24) is 4.57 Å². The largest absolute Gasteiger partial charge is 0.346 e. The van der Waals surface area contributed by atoms with Gasteiger partial charge in [-0.15, -0.1) is 0 Å². The van der Waals surface area contributed by atoms with E-state index >= 15 is 0 Å². The highest BCUT2D eigenvalue weighted by atomic mass is 35.5. The molecule has 0 atom stereocenters. The number of nitrogens with two attached hydrogens (primary N) is 1. The van der Waals surface area contributed by atoms with Gasteiger partial charge in [-0.2, -0.15) is 0 Å². The molecule has 0 saturated heterocycles. The Kier molecular flexibility index (Phi) is 3.51. The molecule has 0 radical (unpaired) electrons. The van der Waals surface area contributed by atoms with Crippen LogP contribution in [0.1, 0.15) is 16.8 Å². The summed E-state index contributed by atoms with van der Waals surface area (Å²) in [4.78, 5) is 0. The van der Waals surface area contributed by atoms with Gasteiger partial charge in [0.2, 0.25) is 0 Å². The number of nitrogens with zero attached hydrogens (tertiary/aromatic N) is 1. The number of aryl methyl sites for hydroxylation is 1. The second kappa shape index (κ2) is 5.31. The van der Waals surface area contributed by atoms with Gasteiger partial charge in [0.1, 0.15) is 0 Å². The molecular formula is C17H17ClN2. The minimum absolute atomic E-state index is 0.533. The number of benzene rings is 2. The first-order chi connectivity index (χ1) is 9.72. The van der Waals surface area contributed by atoms with Crippen LogP contribution in [-0.4, -0.2) is 4.57 Å². The lowest BCUT2D eigenvalue weighted by Crippen LogP contribution is -2.06. The lowest BCUT2D eigenvalue weighted by Gasteiger charge is -2.07. The molecule has 0 amide bonds. The van der Waals surface area contributed by atoms with Crippen molar-refractivity contribution in [2.75, 3.05) is 0 Å². The van der Waals surface area contributed by atoms with E-state index in [1.54, 1.807) is 0 Å². The monoisotopic (exact) mass is 284 g/mol. The highest BCUT2D eigenvalue weighted by Crippen LogP contribution is 2.29. The van der Waals surface area contributed by atoms with Gasteiger partial charge in [0.25, 0.3) is 0 Å². The third-order valence-corrected chi connectivity index (χ3v) is 4.23. The Balaban J connectivity index is 2.18. The zero-order valence-corrected chi connectivity index (χ0v) is 12.2. The van der Waals surface area contributed by atoms with Crippen LogP contribution in [0, 0.1) is 0 Å². The van der Waals surface area contributed by atoms with Crippen LogP contribution in [0.3, 0.4) is 0 Å². The fourth-order valence-electron chi connectivity index (χ4n) is 2.81. The zero-order chi connectivity index (χ0) is 14.1. The highest BCUT2D eigenvalue weighted by Gasteiger charge is 2.14. The van der Waals surface area contributed by atoms with E-state index in [1.807, 2.05) is 18.2 Å². The van der Waals surface area contributed by atoms with Gasteiger partial charge in [0.05, 0.1) is 0 Å². The Bertz CT molecular complexity index is 759. The summed E-state index contributed by atoms with van der Waals surface area (Å²) in [5, 5.41) is 2.07. The van der Waals surface area contributed by atoms with E-state index < -0.39 is 0 Å². The van der Waals surface area contributed by atoms with Gasteiger partial charge in [0, 0.05) is 41.6 Å². The van der Waals surface area contributed by atoms with Crippen LogP contribution in [0.15, 0.2) is 48.5 Å². The molecule has 0 fully saturated rings. The Labute approximate surface area is 123 Å². The topological polar surface area (TPSA) is 30.9 Å². The van der Waals surface area contributed by atoms with Crippen LogP contribution in [0.2, 0.25) is 5.02 Å². The quantitative estimate of drug-likeness (QED) is 0.777. The van der Waals surface area contributed by atoms with Crippen molar-refractivity contribution in [2.45, 2.75) is 13.0 Å². The maximum Gasteiger partial charge on any atom is 0.0483 e. The normalized spacial score (nSPS) is 11.2. The molecular weight excluding hydrogens is 268 g/mol. The van der Waals surface area contributed by atoms with Crippen molar-refractivity contribution in [3.63, 3.8) is 0 Å². The van der Waals surface area contributed by atoms with Crippen LogP contribution in [0.4, 0.5) is 0 Å². The van der Waals surface area contributed by atoms with Gasteiger partial charge in [0.15, 0.2) is 0 Å². The van der Waals surface area contributed by atoms with Crippen LogP contribution < -0.4 is 5.73 Å². The summed E-state index contributed by atoms with van der Waals surface area (Å²) in [6.45, 7) is 0.533. The van der Waals surface area contributed by atoms with E-state index in [0.717, 1.165) is 17.0 Å². The number of aromatic nitrogens is 1. The van der Waals surface area contributed by atoms with Gasteiger partial charge in [-0.1, -0.05) is 48.0 Å². The number of rotatable bonds is 3. The maximum absolute atomic E-state index is 6.29. The molecule has 3 rings (SSSR count). The Morgan fingerprint density at radius 2 is 1.75 bits per heavy atom. The molecule has 2 nitrogen and oxygen atoms in total. The lowest BCUT2D eigenvalue weighted by atomic mass is 10.0. The molecule has 102 valence electrons. The molecule has 0 saturated carbocycles. The summed E-state index contributed by atoms with van der Waals surface area (Å²) >= 11 is 6.29. The van der Waals surface area contributed by atoms with E-state index in [9.17, 15) is 0 Å². The third kappa shape index (κ3) is 2.11. The molecule has 2 aromatic carbocycles. The fourth-order valence-corrected chi connectivity index (χ4v) is 3.02. The molecule has 3 aromatic rings. The number of fused-ring (bicyclic) bond motifs is 1. The molecule has 0 aliphatic carbocycles. The smallest absolute Gasteiger partial charge is 0.0483 e. The molecule has 1 heterocycles. The van der Waals surface area contributed by atoms with E-state index in [-0.39, 0.29) is 0 Å². The van der Waals surface area contributed by atoms with Crippen molar-refractivity contribution in [3.8, 4) is 0 Å². The Hall–Kier alpha value is -1.77. The summed E-state index contributed by atoms with van der Waals surface area (Å²) in [5.41, 5.74) is 10.8. The van der Waals surface area contributed by atoms with Gasteiger partial charge in [-0.3, -0.25) is 0 Å². The van der Waals surface area contributed by atoms with Gasteiger partial charge >= 0.3 is 0 Å². The molecule has 0 aliphatic heterocycles. The van der Waals surface area contributed by atoms with Crippen molar-refractivity contribution < 1.29 is 0 Å². The molecule has 0 aliphatic rings. The van der Waals surface area contributed by atoms with Crippen LogP contribution in [0.25, 0.3) is 10.9 Å².